The van der Waals surface area contributed by atoms with Crippen LogP contribution in [0.3, 0.4) is 0 Å². The van der Waals surface area contributed by atoms with E-state index >= 15 is 0 Å². The van der Waals surface area contributed by atoms with Crippen molar-refractivity contribution in [3.8, 4) is 11.1 Å². The van der Waals surface area contributed by atoms with Crippen LogP contribution in [-0.4, -0.2) is 0 Å². The van der Waals surface area contributed by atoms with Gasteiger partial charge in [0.2, 0.25) is 0 Å². The maximum Gasteiger partial charge on any atom is 0.0473 e. The third-order valence-electron chi connectivity index (χ3n) is 14.2. The summed E-state index contributed by atoms with van der Waals surface area (Å²) >= 11 is 0. The lowest BCUT2D eigenvalue weighted by molar-refractivity contribution is 0.227. The third kappa shape index (κ3) is 3.95. The monoisotopic (exact) mass is 656 g/mol. The predicted molar refractivity (Wildman–Crippen MR) is 215 cm³/mol. The van der Waals surface area contributed by atoms with Crippen LogP contribution in [0.25, 0.3) is 33.0 Å². The molecule has 0 heterocycles. The molecule has 2 atom stereocenters. The highest BCUT2D eigenvalue weighted by Gasteiger charge is 2.57. The van der Waals surface area contributed by atoms with Crippen LogP contribution in [-0.2, 0) is 16.2 Å². The zero-order valence-electron chi connectivity index (χ0n) is 32.5. The highest BCUT2D eigenvalue weighted by molar-refractivity contribution is 6.13. The number of benzene rings is 4. The Kier molecular flexibility index (Phi) is 6.76. The summed E-state index contributed by atoms with van der Waals surface area (Å²) in [5.41, 5.74) is 23.7. The number of hydrogen-bond acceptors (Lipinski definition) is 0. The molecule has 0 aromatic heterocycles. The Balaban J connectivity index is 1.41. The predicted octanol–water partition coefficient (Wildman–Crippen LogP) is 13.8. The molecule has 1 saturated carbocycles. The Morgan fingerprint density at radius 1 is 0.660 bits per heavy atom. The zero-order valence-corrected chi connectivity index (χ0v) is 32.5. The lowest BCUT2D eigenvalue weighted by Gasteiger charge is -2.47. The average molecular weight is 657 g/mol. The fourth-order valence-electron chi connectivity index (χ4n) is 12.5. The molecule has 256 valence electrons. The maximum absolute atomic E-state index is 2.75. The molecule has 0 nitrogen and oxygen atoms in total. The minimum absolute atomic E-state index is 0.0468. The summed E-state index contributed by atoms with van der Waals surface area (Å²) in [4.78, 5) is 0. The van der Waals surface area contributed by atoms with Gasteiger partial charge >= 0.3 is 0 Å². The van der Waals surface area contributed by atoms with E-state index in [1.807, 2.05) is 0 Å². The fraction of sp³-hybridized carbons (Fsp3) is 0.440. The van der Waals surface area contributed by atoms with E-state index in [2.05, 4.69) is 137 Å². The van der Waals surface area contributed by atoms with Crippen LogP contribution < -0.4 is 0 Å². The molecular weight excluding hydrogens is 601 g/mol. The second-order valence-corrected chi connectivity index (χ2v) is 18.5. The molecule has 5 aliphatic carbocycles. The molecule has 50 heavy (non-hydrogen) atoms. The van der Waals surface area contributed by atoms with Crippen LogP contribution in [0.2, 0.25) is 0 Å². The van der Waals surface area contributed by atoms with E-state index in [4.69, 9.17) is 0 Å². The first-order valence-corrected chi connectivity index (χ1v) is 19.7. The summed E-state index contributed by atoms with van der Waals surface area (Å²) < 4.78 is 0. The SMILES string of the molecule is CC1=CC2(c3ccc4c(c3-c3cc(C)c5c(C)cc(C)cc5c32)C(C)(C)C2=C4C(C)(C)c3ccc(C(C)C)cc32)C(C2CCCCC2)C(C)=C1. The van der Waals surface area contributed by atoms with Gasteiger partial charge < -0.3 is 0 Å². The van der Waals surface area contributed by atoms with Crippen LogP contribution in [0.15, 0.2) is 71.8 Å². The molecular formula is C50H56. The van der Waals surface area contributed by atoms with Gasteiger partial charge in [0.25, 0.3) is 0 Å². The first-order valence-electron chi connectivity index (χ1n) is 19.7. The van der Waals surface area contributed by atoms with Crippen LogP contribution in [0.1, 0.15) is 149 Å². The van der Waals surface area contributed by atoms with Crippen molar-refractivity contribution in [2.45, 2.75) is 130 Å². The van der Waals surface area contributed by atoms with Crippen LogP contribution in [0.5, 0.6) is 0 Å². The van der Waals surface area contributed by atoms with Gasteiger partial charge in [-0.1, -0.05) is 138 Å². The van der Waals surface area contributed by atoms with Crippen molar-refractivity contribution >= 4 is 21.9 Å². The Bertz CT molecular complexity index is 2270. The molecule has 0 N–H and O–H groups in total. The lowest BCUT2D eigenvalue weighted by Crippen LogP contribution is -2.41. The maximum atomic E-state index is 2.75. The molecule has 1 spiro atoms. The summed E-state index contributed by atoms with van der Waals surface area (Å²) in [6.07, 6.45) is 12.1. The van der Waals surface area contributed by atoms with Gasteiger partial charge in [-0.05, 0) is 148 Å². The van der Waals surface area contributed by atoms with Crippen molar-refractivity contribution < 1.29 is 0 Å². The first-order chi connectivity index (χ1) is 23.7. The minimum Gasteiger partial charge on any atom is -0.0681 e. The molecule has 0 aliphatic heterocycles. The summed E-state index contributed by atoms with van der Waals surface area (Å²) in [6.45, 7) is 26.6. The normalized spacial score (nSPS) is 24.4. The fourth-order valence-corrected chi connectivity index (χ4v) is 12.5. The highest BCUT2D eigenvalue weighted by atomic mass is 14.6. The van der Waals surface area contributed by atoms with Gasteiger partial charge in [-0.2, -0.15) is 0 Å². The van der Waals surface area contributed by atoms with E-state index in [0.29, 0.717) is 17.8 Å². The van der Waals surface area contributed by atoms with Crippen molar-refractivity contribution in [3.05, 3.63) is 127 Å². The summed E-state index contributed by atoms with van der Waals surface area (Å²) in [6, 6.07) is 20.2. The van der Waals surface area contributed by atoms with E-state index in [1.165, 1.54) is 93.0 Å². The molecule has 0 heteroatoms. The Morgan fingerprint density at radius 3 is 2.06 bits per heavy atom. The molecule has 5 aliphatic rings. The van der Waals surface area contributed by atoms with Crippen LogP contribution in [0.4, 0.5) is 0 Å². The molecule has 4 aromatic carbocycles. The summed E-state index contributed by atoms with van der Waals surface area (Å²) in [5.74, 6) is 1.66. The average Bonchev–Trinajstić information content (AvgIpc) is 3.56. The number of hydrogen-bond donors (Lipinski definition) is 0. The Labute approximate surface area is 301 Å². The first kappa shape index (κ1) is 32.3. The van der Waals surface area contributed by atoms with Crippen LogP contribution >= 0.6 is 0 Å². The summed E-state index contributed by atoms with van der Waals surface area (Å²) in [5, 5.41) is 2.96. The standard InChI is InChI=1S/C50H56/c1-27(2)34-17-19-39-36(25-34)47-46(48(39,8)9)35-18-20-40-42(45(35)49(47,10)11)38-24-31(6)41-30(5)21-28(3)23-37(41)44(38)50(40)26-29(4)22-32(7)43(50)33-15-13-12-14-16-33/h17-27,33,43H,12-16H2,1-11H3. The molecule has 9 rings (SSSR count). The Morgan fingerprint density at radius 2 is 1.34 bits per heavy atom. The van der Waals surface area contributed by atoms with Crippen molar-refractivity contribution in [2.75, 3.05) is 0 Å². The molecule has 2 unspecified atom stereocenters. The second-order valence-electron chi connectivity index (χ2n) is 18.5. The van der Waals surface area contributed by atoms with Crippen molar-refractivity contribution in [1.82, 2.24) is 0 Å². The zero-order chi connectivity index (χ0) is 35.2. The molecule has 0 saturated heterocycles. The number of aryl methyl sites for hydroxylation is 3. The van der Waals surface area contributed by atoms with E-state index in [9.17, 15) is 0 Å². The van der Waals surface area contributed by atoms with E-state index < -0.39 is 0 Å². The van der Waals surface area contributed by atoms with Crippen molar-refractivity contribution in [1.29, 1.82) is 0 Å². The number of allylic oxidation sites excluding steroid dienone is 6. The minimum atomic E-state index is -0.182. The van der Waals surface area contributed by atoms with Crippen LogP contribution in [0, 0.1) is 32.6 Å². The van der Waals surface area contributed by atoms with Gasteiger partial charge in [-0.3, -0.25) is 0 Å². The molecule has 0 radical (unpaired) electrons. The number of fused-ring (bicyclic) bond motifs is 12. The molecule has 0 bridgehead atoms. The summed E-state index contributed by atoms with van der Waals surface area (Å²) in [7, 11) is 0. The van der Waals surface area contributed by atoms with Gasteiger partial charge in [-0.25, -0.2) is 0 Å². The third-order valence-corrected chi connectivity index (χ3v) is 14.2. The van der Waals surface area contributed by atoms with E-state index in [-0.39, 0.29) is 16.2 Å². The smallest absolute Gasteiger partial charge is 0.0473 e. The highest BCUT2D eigenvalue weighted by Crippen LogP contribution is 2.69. The van der Waals surface area contributed by atoms with Gasteiger partial charge in [0.05, 0.1) is 0 Å². The largest absolute Gasteiger partial charge is 0.0681 e. The second kappa shape index (κ2) is 10.5. The number of rotatable bonds is 2. The van der Waals surface area contributed by atoms with E-state index in [1.54, 1.807) is 39.0 Å². The quantitative estimate of drug-likeness (QED) is 0.201. The van der Waals surface area contributed by atoms with E-state index in [0.717, 1.165) is 0 Å². The Hall–Kier alpha value is -3.64. The van der Waals surface area contributed by atoms with Gasteiger partial charge in [0, 0.05) is 16.2 Å². The van der Waals surface area contributed by atoms with Crippen molar-refractivity contribution in [2.24, 2.45) is 11.8 Å². The topological polar surface area (TPSA) is 0 Å². The van der Waals surface area contributed by atoms with Gasteiger partial charge in [0.15, 0.2) is 0 Å². The van der Waals surface area contributed by atoms with Crippen molar-refractivity contribution in [3.63, 3.8) is 0 Å². The van der Waals surface area contributed by atoms with Gasteiger partial charge in [0.1, 0.15) is 0 Å². The molecule has 4 aromatic rings. The van der Waals surface area contributed by atoms with Gasteiger partial charge in [-0.15, -0.1) is 0 Å². The molecule has 1 fully saturated rings. The lowest BCUT2D eigenvalue weighted by atomic mass is 9.56. The molecule has 0 amide bonds.